The summed E-state index contributed by atoms with van der Waals surface area (Å²) in [6.45, 7) is 2.09. The minimum absolute atomic E-state index is 0.0626. The van der Waals surface area contributed by atoms with Crippen molar-refractivity contribution in [1.82, 2.24) is 4.98 Å². The molecule has 6 nitrogen and oxygen atoms in total. The zero-order valence-electron chi connectivity index (χ0n) is 20.0. The average Bonchev–Trinajstić information content (AvgIpc) is 3.13. The van der Waals surface area contributed by atoms with E-state index in [-0.39, 0.29) is 18.1 Å². The van der Waals surface area contributed by atoms with E-state index in [4.69, 9.17) is 4.74 Å². The second-order valence-corrected chi connectivity index (χ2v) is 10.5. The van der Waals surface area contributed by atoms with E-state index >= 15 is 0 Å². The molecule has 1 unspecified atom stereocenters. The van der Waals surface area contributed by atoms with Crippen LogP contribution in [-0.2, 0) is 19.7 Å². The number of anilines is 1. The lowest BCUT2D eigenvalue weighted by Gasteiger charge is -2.53. The molecule has 4 aliphatic rings. The van der Waals surface area contributed by atoms with Crippen molar-refractivity contribution in [2.75, 3.05) is 25.0 Å². The van der Waals surface area contributed by atoms with Crippen molar-refractivity contribution in [2.24, 2.45) is 5.92 Å². The Bertz CT molecular complexity index is 978. The quantitative estimate of drug-likeness (QED) is 0.380. The maximum Gasteiger partial charge on any atom is 0.321 e. The Morgan fingerprint density at radius 1 is 0.971 bits per heavy atom. The number of carbonyl (C=O) groups is 2. The summed E-state index contributed by atoms with van der Waals surface area (Å²) >= 11 is 0. The highest BCUT2D eigenvalue weighted by Crippen LogP contribution is 2.43. The lowest BCUT2D eigenvalue weighted by atomic mass is 9.74. The summed E-state index contributed by atoms with van der Waals surface area (Å²) in [4.78, 5) is 31.2. The van der Waals surface area contributed by atoms with E-state index < -0.39 is 5.41 Å². The van der Waals surface area contributed by atoms with Crippen LogP contribution in [0, 0.1) is 5.92 Å². The number of nitrogens with one attached hydrogen (secondary N) is 1. The van der Waals surface area contributed by atoms with Crippen molar-refractivity contribution >= 4 is 17.7 Å². The molecule has 1 atom stereocenters. The first-order chi connectivity index (χ1) is 16.6. The number of hydrogen-bond acceptors (Lipinski definition) is 4. The maximum atomic E-state index is 14.0. The number of amides is 1. The van der Waals surface area contributed by atoms with Gasteiger partial charge in [0, 0.05) is 25.5 Å². The van der Waals surface area contributed by atoms with Crippen molar-refractivity contribution < 1.29 is 18.8 Å². The first-order valence-corrected chi connectivity index (χ1v) is 12.9. The van der Waals surface area contributed by atoms with Gasteiger partial charge in [0.25, 0.3) is 5.91 Å². The molecule has 34 heavy (non-hydrogen) atoms. The van der Waals surface area contributed by atoms with Gasteiger partial charge in [-0.25, -0.2) is 4.98 Å². The molecule has 4 fully saturated rings. The lowest BCUT2D eigenvalue weighted by molar-refractivity contribution is -0.977. The molecule has 2 bridgehead atoms. The van der Waals surface area contributed by atoms with Crippen molar-refractivity contribution in [3.05, 3.63) is 60.3 Å². The Labute approximate surface area is 202 Å². The van der Waals surface area contributed by atoms with Crippen LogP contribution in [-0.4, -0.2) is 47.2 Å². The molecule has 1 aromatic heterocycles. The van der Waals surface area contributed by atoms with E-state index in [0.717, 1.165) is 63.6 Å². The molecule has 1 saturated carbocycles. The summed E-state index contributed by atoms with van der Waals surface area (Å²) in [6.07, 6.45) is 10.6. The number of quaternary nitrogens is 1. The molecule has 2 aromatic rings. The summed E-state index contributed by atoms with van der Waals surface area (Å²) in [5, 5.41) is 2.94. The summed E-state index contributed by atoms with van der Waals surface area (Å²) in [5.41, 5.74) is 0.507. The standard InChI is InChI=1S/C28H35N3O3/c32-25(30-24-12-6-9-17-29-24)21-31-18-13-22(14-19-31)20-26(31)34-27(33)28(15-7-1-2-8-16-28)23-10-4-3-5-11-23/h3-6,9-12,17,22,26H,1-2,7-8,13-16,18-21H2/p+1. The van der Waals surface area contributed by atoms with Crippen LogP contribution >= 0.6 is 0 Å². The van der Waals surface area contributed by atoms with Gasteiger partial charge in [0.05, 0.1) is 18.5 Å². The van der Waals surface area contributed by atoms with E-state index in [9.17, 15) is 9.59 Å². The predicted octanol–water partition coefficient (Wildman–Crippen LogP) is 4.81. The zero-order chi connectivity index (χ0) is 23.4. The summed E-state index contributed by atoms with van der Waals surface area (Å²) < 4.78 is 7.02. The van der Waals surface area contributed by atoms with Gasteiger partial charge >= 0.3 is 5.97 Å². The normalized spacial score (nSPS) is 28.0. The number of ether oxygens (including phenoxy) is 1. The number of nitrogens with zero attached hydrogens (tertiary/aromatic N) is 2. The number of fused-ring (bicyclic) bond motifs is 3. The number of hydrogen-bond donors (Lipinski definition) is 1. The monoisotopic (exact) mass is 462 g/mol. The highest BCUT2D eigenvalue weighted by molar-refractivity contribution is 5.90. The Kier molecular flexibility index (Phi) is 6.68. The van der Waals surface area contributed by atoms with Crippen LogP contribution in [0.3, 0.4) is 0 Å². The molecule has 6 heteroatoms. The number of rotatable bonds is 6. The Morgan fingerprint density at radius 2 is 1.68 bits per heavy atom. The number of benzene rings is 1. The molecular formula is C28H36N3O3+. The summed E-state index contributed by atoms with van der Waals surface area (Å²) in [6, 6.07) is 15.7. The highest BCUT2D eigenvalue weighted by atomic mass is 16.6. The summed E-state index contributed by atoms with van der Waals surface area (Å²) in [5.74, 6) is 0.999. The fourth-order valence-corrected chi connectivity index (χ4v) is 6.43. The number of carbonyl (C=O) groups excluding carboxylic acids is 2. The van der Waals surface area contributed by atoms with Gasteiger partial charge in [-0.3, -0.25) is 14.1 Å². The van der Waals surface area contributed by atoms with Gasteiger partial charge in [-0.15, -0.1) is 0 Å². The summed E-state index contributed by atoms with van der Waals surface area (Å²) in [7, 11) is 0. The van der Waals surface area contributed by atoms with Crippen LogP contribution in [0.1, 0.15) is 63.4 Å². The fourth-order valence-electron chi connectivity index (χ4n) is 6.43. The van der Waals surface area contributed by atoms with Crippen molar-refractivity contribution in [2.45, 2.75) is 69.4 Å². The molecular weight excluding hydrogens is 426 g/mol. The predicted molar refractivity (Wildman–Crippen MR) is 131 cm³/mol. The highest BCUT2D eigenvalue weighted by Gasteiger charge is 2.53. The molecule has 1 aromatic carbocycles. The van der Waals surface area contributed by atoms with Gasteiger partial charge < -0.3 is 10.1 Å². The second kappa shape index (κ2) is 9.87. The van der Waals surface area contributed by atoms with Gasteiger partial charge in [0.2, 0.25) is 6.23 Å². The van der Waals surface area contributed by atoms with E-state index in [1.54, 1.807) is 12.3 Å². The molecule has 180 valence electrons. The minimum atomic E-state index is -0.574. The Hall–Kier alpha value is -2.73. The van der Waals surface area contributed by atoms with Gasteiger partial charge in [-0.2, -0.15) is 0 Å². The second-order valence-electron chi connectivity index (χ2n) is 10.5. The molecule has 1 aliphatic carbocycles. The number of aromatic nitrogens is 1. The largest absolute Gasteiger partial charge is 0.412 e. The fraction of sp³-hybridized carbons (Fsp3) is 0.536. The van der Waals surface area contributed by atoms with Gasteiger partial charge in [-0.05, 0) is 36.5 Å². The smallest absolute Gasteiger partial charge is 0.321 e. The molecule has 3 aliphatic heterocycles. The van der Waals surface area contributed by atoms with Gasteiger partial charge in [0.15, 0.2) is 6.54 Å². The van der Waals surface area contributed by atoms with Crippen molar-refractivity contribution in [3.63, 3.8) is 0 Å². The van der Waals surface area contributed by atoms with E-state index in [1.165, 1.54) is 12.8 Å². The number of esters is 1. The lowest BCUT2D eigenvalue weighted by Crippen LogP contribution is -2.67. The number of pyridine rings is 1. The molecule has 0 spiro atoms. The van der Waals surface area contributed by atoms with Crippen LogP contribution in [0.15, 0.2) is 54.7 Å². The van der Waals surface area contributed by atoms with Crippen LogP contribution in [0.2, 0.25) is 0 Å². The third kappa shape index (κ3) is 4.61. The third-order valence-corrected chi connectivity index (χ3v) is 8.42. The molecule has 1 N–H and O–H groups in total. The first-order valence-electron chi connectivity index (χ1n) is 12.9. The van der Waals surface area contributed by atoms with Crippen LogP contribution < -0.4 is 5.32 Å². The van der Waals surface area contributed by atoms with Gasteiger partial charge in [0.1, 0.15) is 5.82 Å². The van der Waals surface area contributed by atoms with Crippen molar-refractivity contribution in [3.8, 4) is 0 Å². The zero-order valence-corrected chi connectivity index (χ0v) is 20.0. The van der Waals surface area contributed by atoms with Gasteiger partial charge in [-0.1, -0.05) is 62.1 Å². The van der Waals surface area contributed by atoms with E-state index in [0.29, 0.717) is 22.8 Å². The minimum Gasteiger partial charge on any atom is -0.412 e. The maximum absolute atomic E-state index is 14.0. The van der Waals surface area contributed by atoms with Crippen LogP contribution in [0.4, 0.5) is 5.82 Å². The van der Waals surface area contributed by atoms with E-state index in [2.05, 4.69) is 22.4 Å². The SMILES string of the molecule is O=C(C[N+]12CCC(CC1)CC2OC(=O)C1(c2ccccc2)CCCCCC1)Nc1ccccn1. The Balaban J connectivity index is 1.37. The van der Waals surface area contributed by atoms with Crippen LogP contribution in [0.5, 0.6) is 0 Å². The first kappa shape index (κ1) is 23.0. The van der Waals surface area contributed by atoms with E-state index in [1.807, 2.05) is 30.3 Å². The average molecular weight is 463 g/mol. The third-order valence-electron chi connectivity index (χ3n) is 8.42. The molecule has 3 saturated heterocycles. The van der Waals surface area contributed by atoms with Crippen molar-refractivity contribution in [1.29, 1.82) is 0 Å². The molecule has 4 heterocycles. The molecule has 6 rings (SSSR count). The Morgan fingerprint density at radius 3 is 2.35 bits per heavy atom. The van der Waals surface area contributed by atoms with Crippen LogP contribution in [0.25, 0.3) is 0 Å². The topological polar surface area (TPSA) is 68.3 Å². The molecule has 1 amide bonds. The number of piperidine rings is 3. The molecule has 0 radical (unpaired) electrons.